The molecule has 0 aromatic heterocycles. The van der Waals surface area contributed by atoms with Gasteiger partial charge in [-0.2, -0.15) is 0 Å². The first-order valence-corrected chi connectivity index (χ1v) is 7.28. The van der Waals surface area contributed by atoms with Crippen LogP contribution in [0.2, 0.25) is 0 Å². The van der Waals surface area contributed by atoms with Gasteiger partial charge < -0.3 is 11.1 Å². The van der Waals surface area contributed by atoms with Crippen LogP contribution in [0.3, 0.4) is 0 Å². The van der Waals surface area contributed by atoms with Crippen molar-refractivity contribution in [3.63, 3.8) is 0 Å². The number of fused-ring (bicyclic) bond motifs is 1. The molecule has 2 aromatic carbocycles. The first-order valence-electron chi connectivity index (χ1n) is 6.87. The molecule has 3 rings (SSSR count). The van der Waals surface area contributed by atoms with Crippen molar-refractivity contribution in [2.75, 3.05) is 5.32 Å². The summed E-state index contributed by atoms with van der Waals surface area (Å²) in [6.07, 6.45) is 2.11. The maximum absolute atomic E-state index is 5.83. The fraction of sp³-hybridized carbons (Fsp3) is 0.235. The average molecular weight is 282 g/mol. The van der Waals surface area contributed by atoms with Gasteiger partial charge in [0, 0.05) is 17.3 Å². The molecule has 102 valence electrons. The lowest BCUT2D eigenvalue weighted by atomic mass is 10.1. The Balaban J connectivity index is 1.82. The summed E-state index contributed by atoms with van der Waals surface area (Å²) < 4.78 is 0. The van der Waals surface area contributed by atoms with E-state index < -0.39 is 0 Å². The van der Waals surface area contributed by atoms with Gasteiger partial charge in [-0.3, -0.25) is 0 Å². The van der Waals surface area contributed by atoms with E-state index in [1.54, 1.807) is 0 Å². The van der Waals surface area contributed by atoms with Gasteiger partial charge in [0.05, 0.1) is 0 Å². The SMILES string of the molecule is Cc1ccc(NC2Cc3ccccc3C2)c(C(N)=S)c1. The largest absolute Gasteiger partial charge is 0.389 e. The molecule has 0 amide bonds. The van der Waals surface area contributed by atoms with Crippen LogP contribution in [-0.2, 0) is 12.8 Å². The first-order chi connectivity index (χ1) is 9.63. The van der Waals surface area contributed by atoms with E-state index in [1.165, 1.54) is 16.7 Å². The fourth-order valence-electron chi connectivity index (χ4n) is 2.87. The van der Waals surface area contributed by atoms with Crippen molar-refractivity contribution < 1.29 is 0 Å². The van der Waals surface area contributed by atoms with Crippen molar-refractivity contribution in [2.24, 2.45) is 5.73 Å². The average Bonchev–Trinajstić information content (AvgIpc) is 2.82. The lowest BCUT2D eigenvalue weighted by Gasteiger charge is -2.17. The van der Waals surface area contributed by atoms with Crippen LogP contribution in [0.15, 0.2) is 42.5 Å². The monoisotopic (exact) mass is 282 g/mol. The number of aryl methyl sites for hydroxylation is 1. The lowest BCUT2D eigenvalue weighted by Crippen LogP contribution is -2.22. The van der Waals surface area contributed by atoms with Crippen molar-refractivity contribution in [1.29, 1.82) is 0 Å². The van der Waals surface area contributed by atoms with Gasteiger partial charge in [0.15, 0.2) is 0 Å². The topological polar surface area (TPSA) is 38.0 Å². The van der Waals surface area contributed by atoms with Gasteiger partial charge in [-0.25, -0.2) is 0 Å². The van der Waals surface area contributed by atoms with Crippen molar-refractivity contribution in [1.82, 2.24) is 0 Å². The van der Waals surface area contributed by atoms with E-state index in [4.69, 9.17) is 18.0 Å². The Morgan fingerprint density at radius 1 is 1.15 bits per heavy atom. The van der Waals surface area contributed by atoms with Crippen LogP contribution >= 0.6 is 12.2 Å². The molecule has 0 atom stereocenters. The number of rotatable bonds is 3. The van der Waals surface area contributed by atoms with Gasteiger partial charge in [-0.05, 0) is 43.0 Å². The third-order valence-corrected chi connectivity index (χ3v) is 4.07. The molecule has 0 aliphatic heterocycles. The summed E-state index contributed by atoms with van der Waals surface area (Å²) in [6.45, 7) is 2.05. The standard InChI is InChI=1S/C17H18N2S/c1-11-6-7-16(15(8-11)17(18)20)19-14-9-12-4-2-3-5-13(12)10-14/h2-8,14,19H,9-10H2,1H3,(H2,18,20). The minimum atomic E-state index is 0.420. The summed E-state index contributed by atoms with van der Waals surface area (Å²) in [6, 6.07) is 15.3. The molecule has 0 heterocycles. The predicted octanol–water partition coefficient (Wildman–Crippen LogP) is 3.21. The molecule has 2 nitrogen and oxygen atoms in total. The molecular formula is C17H18N2S. The van der Waals surface area contributed by atoms with Gasteiger partial charge >= 0.3 is 0 Å². The van der Waals surface area contributed by atoms with Crippen LogP contribution in [0.5, 0.6) is 0 Å². The Morgan fingerprint density at radius 2 is 1.80 bits per heavy atom. The molecule has 0 fully saturated rings. The molecular weight excluding hydrogens is 264 g/mol. The highest BCUT2D eigenvalue weighted by atomic mass is 32.1. The minimum Gasteiger partial charge on any atom is -0.389 e. The van der Waals surface area contributed by atoms with Crippen LogP contribution in [0, 0.1) is 6.92 Å². The van der Waals surface area contributed by atoms with Crippen LogP contribution in [0.25, 0.3) is 0 Å². The summed E-state index contributed by atoms with van der Waals surface area (Å²) in [4.78, 5) is 0.451. The van der Waals surface area contributed by atoms with E-state index in [-0.39, 0.29) is 0 Å². The van der Waals surface area contributed by atoms with Crippen molar-refractivity contribution in [2.45, 2.75) is 25.8 Å². The molecule has 0 spiro atoms. The normalized spacial score (nSPS) is 14.1. The third kappa shape index (κ3) is 2.54. The molecule has 3 heteroatoms. The van der Waals surface area contributed by atoms with Gasteiger partial charge in [0.1, 0.15) is 4.99 Å². The molecule has 2 aromatic rings. The predicted molar refractivity (Wildman–Crippen MR) is 88.3 cm³/mol. The quantitative estimate of drug-likeness (QED) is 0.849. The number of hydrogen-bond donors (Lipinski definition) is 2. The first kappa shape index (κ1) is 13.1. The second-order valence-electron chi connectivity index (χ2n) is 5.43. The van der Waals surface area contributed by atoms with Crippen molar-refractivity contribution in [3.05, 3.63) is 64.7 Å². The van der Waals surface area contributed by atoms with E-state index in [1.807, 2.05) is 6.07 Å². The van der Waals surface area contributed by atoms with Gasteiger partial charge in [0.2, 0.25) is 0 Å². The fourth-order valence-corrected chi connectivity index (χ4v) is 3.04. The lowest BCUT2D eigenvalue weighted by molar-refractivity contribution is 0.774. The number of nitrogens with two attached hydrogens (primary N) is 1. The van der Waals surface area contributed by atoms with Crippen LogP contribution in [0.1, 0.15) is 22.3 Å². The van der Waals surface area contributed by atoms with E-state index in [0.717, 1.165) is 24.1 Å². The molecule has 0 radical (unpaired) electrons. The third-order valence-electron chi connectivity index (χ3n) is 3.85. The highest BCUT2D eigenvalue weighted by molar-refractivity contribution is 7.80. The minimum absolute atomic E-state index is 0.420. The molecule has 0 saturated carbocycles. The Morgan fingerprint density at radius 3 is 2.40 bits per heavy atom. The molecule has 0 saturated heterocycles. The van der Waals surface area contributed by atoms with Crippen molar-refractivity contribution >= 4 is 22.9 Å². The van der Waals surface area contributed by atoms with Crippen molar-refractivity contribution in [3.8, 4) is 0 Å². The Kier molecular flexibility index (Phi) is 3.45. The zero-order valence-corrected chi connectivity index (χ0v) is 12.3. The highest BCUT2D eigenvalue weighted by Gasteiger charge is 2.21. The van der Waals surface area contributed by atoms with E-state index in [2.05, 4.69) is 48.6 Å². The zero-order valence-electron chi connectivity index (χ0n) is 11.5. The van der Waals surface area contributed by atoms with E-state index in [9.17, 15) is 0 Å². The highest BCUT2D eigenvalue weighted by Crippen LogP contribution is 2.26. The smallest absolute Gasteiger partial charge is 0.106 e. The van der Waals surface area contributed by atoms with E-state index >= 15 is 0 Å². The summed E-state index contributed by atoms with van der Waals surface area (Å²) in [7, 11) is 0. The van der Waals surface area contributed by atoms with Crippen LogP contribution < -0.4 is 11.1 Å². The van der Waals surface area contributed by atoms with Crippen LogP contribution in [-0.4, -0.2) is 11.0 Å². The van der Waals surface area contributed by atoms with Gasteiger partial charge in [-0.15, -0.1) is 0 Å². The molecule has 0 bridgehead atoms. The second kappa shape index (κ2) is 5.25. The van der Waals surface area contributed by atoms with Crippen LogP contribution in [0.4, 0.5) is 5.69 Å². The summed E-state index contributed by atoms with van der Waals surface area (Å²) in [5, 5.41) is 3.60. The van der Waals surface area contributed by atoms with Gasteiger partial charge in [-0.1, -0.05) is 48.1 Å². The summed E-state index contributed by atoms with van der Waals surface area (Å²) in [5.41, 5.74) is 11.9. The summed E-state index contributed by atoms with van der Waals surface area (Å²) >= 11 is 5.16. The molecule has 0 unspecified atom stereocenters. The van der Waals surface area contributed by atoms with Gasteiger partial charge in [0.25, 0.3) is 0 Å². The molecule has 1 aliphatic rings. The maximum atomic E-state index is 5.83. The number of nitrogens with one attached hydrogen (secondary N) is 1. The number of anilines is 1. The Hall–Kier alpha value is -1.87. The zero-order chi connectivity index (χ0) is 14.1. The van der Waals surface area contributed by atoms with E-state index in [0.29, 0.717) is 11.0 Å². The molecule has 3 N–H and O–H groups in total. The molecule has 20 heavy (non-hydrogen) atoms. The second-order valence-corrected chi connectivity index (χ2v) is 5.87. The number of hydrogen-bond acceptors (Lipinski definition) is 2. The Labute approximate surface area is 125 Å². The number of thiocarbonyl (C=S) groups is 1. The summed E-state index contributed by atoms with van der Waals surface area (Å²) in [5.74, 6) is 0. The Bertz CT molecular complexity index is 639. The molecule has 1 aliphatic carbocycles. The number of benzene rings is 2. The maximum Gasteiger partial charge on any atom is 0.106 e.